The van der Waals surface area contributed by atoms with E-state index in [2.05, 4.69) is 30.8 Å². The van der Waals surface area contributed by atoms with Crippen LogP contribution < -0.4 is 5.73 Å². The monoisotopic (exact) mass is 241 g/mol. The Kier molecular flexibility index (Phi) is 3.55. The number of benzene rings is 2. The molecule has 0 atom stereocenters. The van der Waals surface area contributed by atoms with Crippen molar-refractivity contribution in [1.82, 2.24) is 0 Å². The number of nitrogen functional groups attached to an aromatic ring is 1. The fourth-order valence-electron chi connectivity index (χ4n) is 1.48. The van der Waals surface area contributed by atoms with Crippen LogP contribution in [-0.4, -0.2) is 0 Å². The molecule has 2 aromatic carbocycles. The van der Waals surface area contributed by atoms with Crippen molar-refractivity contribution in [3.05, 3.63) is 60.7 Å². The van der Waals surface area contributed by atoms with Crippen molar-refractivity contribution in [2.45, 2.75) is 16.7 Å². The van der Waals surface area contributed by atoms with E-state index in [1.54, 1.807) is 11.8 Å². The predicted molar refractivity (Wildman–Crippen MR) is 76.1 cm³/mol. The Hall–Kier alpha value is -1.67. The highest BCUT2D eigenvalue weighted by Crippen LogP contribution is 2.28. The Morgan fingerprint density at radius 2 is 1.41 bits per heavy atom. The fraction of sp³-hybridized carbons (Fsp3) is 0.0667. The smallest absolute Gasteiger partial charge is 0.0314 e. The molecule has 0 aliphatic heterocycles. The summed E-state index contributed by atoms with van der Waals surface area (Å²) in [5.41, 5.74) is 8.73. The average molecular weight is 241 g/mol. The molecule has 2 heteroatoms. The largest absolute Gasteiger partial charge is 0.399 e. The van der Waals surface area contributed by atoms with E-state index in [1.165, 1.54) is 15.4 Å². The van der Waals surface area contributed by atoms with E-state index < -0.39 is 0 Å². The van der Waals surface area contributed by atoms with Gasteiger partial charge in [0.2, 0.25) is 0 Å². The zero-order chi connectivity index (χ0) is 12.3. The first kappa shape index (κ1) is 11.8. The number of hydrogen-bond acceptors (Lipinski definition) is 2. The molecule has 0 spiro atoms. The van der Waals surface area contributed by atoms with Gasteiger partial charge in [-0.05, 0) is 48.9 Å². The van der Waals surface area contributed by atoms with Crippen LogP contribution in [0.1, 0.15) is 12.5 Å². The molecule has 0 fully saturated rings. The molecular formula is C15H15NS. The summed E-state index contributed by atoms with van der Waals surface area (Å²) in [5.74, 6) is 0. The van der Waals surface area contributed by atoms with E-state index in [0.29, 0.717) is 0 Å². The molecule has 0 aliphatic carbocycles. The number of allylic oxidation sites excluding steroid dienone is 1. The normalized spacial score (nSPS) is 10.2. The lowest BCUT2D eigenvalue weighted by atomic mass is 10.1. The summed E-state index contributed by atoms with van der Waals surface area (Å²) < 4.78 is 0. The Morgan fingerprint density at radius 1 is 0.941 bits per heavy atom. The Labute approximate surface area is 106 Å². The summed E-state index contributed by atoms with van der Waals surface area (Å²) >= 11 is 1.73. The quantitative estimate of drug-likeness (QED) is 0.803. The van der Waals surface area contributed by atoms with Crippen molar-refractivity contribution in [1.29, 1.82) is 0 Å². The molecule has 2 rings (SSSR count). The van der Waals surface area contributed by atoms with Crippen LogP contribution in [0.3, 0.4) is 0 Å². The number of anilines is 1. The van der Waals surface area contributed by atoms with Crippen LogP contribution >= 0.6 is 11.8 Å². The summed E-state index contributed by atoms with van der Waals surface area (Å²) in [7, 11) is 0. The van der Waals surface area contributed by atoms with Crippen molar-refractivity contribution in [2.24, 2.45) is 0 Å². The van der Waals surface area contributed by atoms with Crippen LogP contribution in [0.4, 0.5) is 5.69 Å². The molecule has 17 heavy (non-hydrogen) atoms. The molecule has 0 amide bonds. The van der Waals surface area contributed by atoms with E-state index in [1.807, 2.05) is 31.2 Å². The van der Waals surface area contributed by atoms with Crippen LogP contribution in [-0.2, 0) is 0 Å². The van der Waals surface area contributed by atoms with Gasteiger partial charge in [0.1, 0.15) is 0 Å². The molecule has 0 heterocycles. The lowest BCUT2D eigenvalue weighted by molar-refractivity contribution is 1.39. The molecular weight excluding hydrogens is 226 g/mol. The van der Waals surface area contributed by atoms with Crippen LogP contribution in [0.15, 0.2) is 64.9 Å². The number of nitrogens with two attached hydrogens (primary N) is 1. The van der Waals surface area contributed by atoms with Gasteiger partial charge in [-0.3, -0.25) is 0 Å². The lowest BCUT2D eigenvalue weighted by Crippen LogP contribution is -1.82. The second kappa shape index (κ2) is 5.11. The summed E-state index contributed by atoms with van der Waals surface area (Å²) in [4.78, 5) is 2.42. The lowest BCUT2D eigenvalue weighted by Gasteiger charge is -2.04. The summed E-state index contributed by atoms with van der Waals surface area (Å²) in [5, 5.41) is 0. The molecule has 0 saturated heterocycles. The minimum atomic E-state index is 0.798. The molecule has 2 aromatic rings. The molecule has 0 unspecified atom stereocenters. The van der Waals surface area contributed by atoms with Gasteiger partial charge in [0.25, 0.3) is 0 Å². The van der Waals surface area contributed by atoms with Gasteiger partial charge in [-0.2, -0.15) is 0 Å². The van der Waals surface area contributed by atoms with Crippen LogP contribution in [0.25, 0.3) is 5.57 Å². The maximum Gasteiger partial charge on any atom is 0.0314 e. The van der Waals surface area contributed by atoms with Crippen LogP contribution in [0.2, 0.25) is 0 Å². The summed E-state index contributed by atoms with van der Waals surface area (Å²) in [6.45, 7) is 5.94. The van der Waals surface area contributed by atoms with Gasteiger partial charge in [0.15, 0.2) is 0 Å². The fourth-order valence-corrected chi connectivity index (χ4v) is 2.30. The van der Waals surface area contributed by atoms with Crippen molar-refractivity contribution in [3.63, 3.8) is 0 Å². The third-order valence-corrected chi connectivity index (χ3v) is 3.48. The number of rotatable bonds is 3. The molecule has 2 N–H and O–H groups in total. The minimum Gasteiger partial charge on any atom is -0.399 e. The molecule has 0 saturated carbocycles. The van der Waals surface area contributed by atoms with Gasteiger partial charge in [-0.25, -0.2) is 0 Å². The molecule has 0 bridgehead atoms. The minimum absolute atomic E-state index is 0.798. The topological polar surface area (TPSA) is 26.0 Å². The molecule has 0 aromatic heterocycles. The van der Waals surface area contributed by atoms with Crippen molar-refractivity contribution >= 4 is 23.0 Å². The third kappa shape index (κ3) is 3.14. The molecule has 0 radical (unpaired) electrons. The van der Waals surface area contributed by atoms with Gasteiger partial charge in [-0.1, -0.05) is 36.0 Å². The Bertz CT molecular complexity index is 512. The van der Waals surface area contributed by atoms with E-state index in [4.69, 9.17) is 5.73 Å². The molecule has 0 aliphatic rings. The standard InChI is InChI=1S/C15H15NS/c1-11(2)12-3-7-14(8-4-12)17-15-9-5-13(16)6-10-15/h3-10H,1,16H2,2H3. The van der Waals surface area contributed by atoms with Crippen molar-refractivity contribution in [3.8, 4) is 0 Å². The first-order valence-corrected chi connectivity index (χ1v) is 6.26. The molecule has 1 nitrogen and oxygen atoms in total. The van der Waals surface area contributed by atoms with E-state index in [0.717, 1.165) is 11.3 Å². The highest BCUT2D eigenvalue weighted by molar-refractivity contribution is 7.99. The molecule has 86 valence electrons. The van der Waals surface area contributed by atoms with Crippen LogP contribution in [0.5, 0.6) is 0 Å². The van der Waals surface area contributed by atoms with Crippen molar-refractivity contribution < 1.29 is 0 Å². The van der Waals surface area contributed by atoms with Gasteiger partial charge in [-0.15, -0.1) is 0 Å². The van der Waals surface area contributed by atoms with Gasteiger partial charge >= 0.3 is 0 Å². The second-order valence-electron chi connectivity index (χ2n) is 3.98. The highest BCUT2D eigenvalue weighted by Gasteiger charge is 1.98. The Balaban J connectivity index is 2.13. The zero-order valence-electron chi connectivity index (χ0n) is 9.81. The Morgan fingerprint density at radius 3 is 1.88 bits per heavy atom. The maximum atomic E-state index is 5.65. The third-order valence-electron chi connectivity index (χ3n) is 2.46. The van der Waals surface area contributed by atoms with E-state index in [9.17, 15) is 0 Å². The van der Waals surface area contributed by atoms with Gasteiger partial charge in [0, 0.05) is 15.5 Å². The first-order valence-electron chi connectivity index (χ1n) is 5.44. The van der Waals surface area contributed by atoms with Crippen LogP contribution in [0, 0.1) is 0 Å². The van der Waals surface area contributed by atoms with Gasteiger partial charge < -0.3 is 5.73 Å². The first-order chi connectivity index (χ1) is 8.15. The summed E-state index contributed by atoms with van der Waals surface area (Å²) in [6.07, 6.45) is 0. The second-order valence-corrected chi connectivity index (χ2v) is 5.12. The maximum absolute atomic E-state index is 5.65. The zero-order valence-corrected chi connectivity index (χ0v) is 10.6. The number of hydrogen-bond donors (Lipinski definition) is 1. The van der Waals surface area contributed by atoms with Crippen molar-refractivity contribution in [2.75, 3.05) is 5.73 Å². The highest BCUT2D eigenvalue weighted by atomic mass is 32.2. The predicted octanol–water partition coefficient (Wildman–Crippen LogP) is 4.45. The SMILES string of the molecule is C=C(C)c1ccc(Sc2ccc(N)cc2)cc1. The van der Waals surface area contributed by atoms with E-state index in [-0.39, 0.29) is 0 Å². The summed E-state index contributed by atoms with van der Waals surface area (Å²) in [6, 6.07) is 16.3. The van der Waals surface area contributed by atoms with E-state index >= 15 is 0 Å². The average Bonchev–Trinajstić information content (AvgIpc) is 2.33. The van der Waals surface area contributed by atoms with Gasteiger partial charge in [0.05, 0.1) is 0 Å².